The maximum atomic E-state index is 12.0. The average molecular weight is 348 g/mol. The molecule has 0 saturated heterocycles. The highest BCUT2D eigenvalue weighted by atomic mass is 19.3. The molecular weight excluding hydrogens is 330 g/mol. The van der Waals surface area contributed by atoms with Gasteiger partial charge < -0.3 is 9.47 Å². The lowest BCUT2D eigenvalue weighted by Gasteiger charge is -2.07. The minimum atomic E-state index is -2.86. The van der Waals surface area contributed by atoms with Crippen molar-refractivity contribution < 1.29 is 23.0 Å². The molecule has 0 atom stereocenters. The number of ether oxygens (including phenoxy) is 2. The number of carbonyl (C=O) groups is 1. The summed E-state index contributed by atoms with van der Waals surface area (Å²) in [5.41, 5.74) is 5.17. The lowest BCUT2D eigenvalue weighted by atomic mass is 10.1. The molecule has 0 unspecified atom stereocenters. The molecule has 7 heteroatoms. The molecule has 5 nitrogen and oxygen atoms in total. The van der Waals surface area contributed by atoms with Crippen LogP contribution in [-0.4, -0.2) is 25.3 Å². The molecule has 2 rings (SSSR count). The largest absolute Gasteiger partial charge is 0.484 e. The van der Waals surface area contributed by atoms with Gasteiger partial charge in [-0.25, -0.2) is 5.43 Å². The Kier molecular flexibility index (Phi) is 6.45. The fourth-order valence-corrected chi connectivity index (χ4v) is 1.90. The monoisotopic (exact) mass is 348 g/mol. The number of alkyl halides is 2. The van der Waals surface area contributed by atoms with Crippen LogP contribution in [0.1, 0.15) is 16.7 Å². The number of carbonyl (C=O) groups excluding carboxylic acids is 1. The van der Waals surface area contributed by atoms with Gasteiger partial charge in [-0.15, -0.1) is 0 Å². The maximum Gasteiger partial charge on any atom is 0.387 e. The molecule has 1 N–H and O–H groups in total. The van der Waals surface area contributed by atoms with Gasteiger partial charge in [-0.05, 0) is 66.9 Å². The van der Waals surface area contributed by atoms with Crippen LogP contribution in [0.4, 0.5) is 8.78 Å². The Balaban J connectivity index is 1.78. The van der Waals surface area contributed by atoms with Gasteiger partial charge in [-0.3, -0.25) is 4.79 Å². The van der Waals surface area contributed by atoms with E-state index in [-0.39, 0.29) is 12.4 Å². The van der Waals surface area contributed by atoms with Crippen LogP contribution in [0.15, 0.2) is 47.6 Å². The number of hydrogen-bond acceptors (Lipinski definition) is 4. The first-order chi connectivity index (χ1) is 11.9. The van der Waals surface area contributed by atoms with Gasteiger partial charge in [-0.2, -0.15) is 13.9 Å². The van der Waals surface area contributed by atoms with Crippen molar-refractivity contribution in [3.8, 4) is 11.5 Å². The normalized spacial score (nSPS) is 10.9. The second kappa shape index (κ2) is 8.77. The van der Waals surface area contributed by atoms with Crippen molar-refractivity contribution in [2.45, 2.75) is 20.5 Å². The number of hydrogen-bond donors (Lipinski definition) is 1. The fraction of sp³-hybridized carbons (Fsp3) is 0.222. The third-order valence-electron chi connectivity index (χ3n) is 3.36. The molecule has 2 aromatic carbocycles. The summed E-state index contributed by atoms with van der Waals surface area (Å²) in [4.78, 5) is 11.7. The van der Waals surface area contributed by atoms with Crippen LogP contribution in [0.2, 0.25) is 0 Å². The van der Waals surface area contributed by atoms with Gasteiger partial charge in [-0.1, -0.05) is 6.07 Å². The first kappa shape index (κ1) is 18.4. The smallest absolute Gasteiger partial charge is 0.387 e. The zero-order valence-corrected chi connectivity index (χ0v) is 13.8. The van der Waals surface area contributed by atoms with Crippen LogP contribution in [0.3, 0.4) is 0 Å². The first-order valence-corrected chi connectivity index (χ1v) is 7.51. The predicted octanol–water partition coefficient (Wildman–Crippen LogP) is 3.43. The molecule has 1 amide bonds. The van der Waals surface area contributed by atoms with Crippen LogP contribution >= 0.6 is 0 Å². The molecule has 0 aliphatic carbocycles. The number of amides is 1. The topological polar surface area (TPSA) is 59.9 Å². The van der Waals surface area contributed by atoms with E-state index in [0.717, 1.165) is 11.1 Å². The van der Waals surface area contributed by atoms with E-state index in [0.29, 0.717) is 11.3 Å². The summed E-state index contributed by atoms with van der Waals surface area (Å²) in [6.45, 7) is 0.925. The average Bonchev–Trinajstić information content (AvgIpc) is 2.57. The van der Waals surface area contributed by atoms with E-state index in [1.54, 1.807) is 18.2 Å². The Morgan fingerprint density at radius 2 is 1.80 bits per heavy atom. The van der Waals surface area contributed by atoms with Crippen LogP contribution < -0.4 is 14.9 Å². The SMILES string of the molecule is Cc1ccc(OCC(=O)N/N=C\c2ccc(OC(F)F)cc2)cc1C. The molecular formula is C18H18F2N2O3. The van der Waals surface area contributed by atoms with Crippen molar-refractivity contribution in [3.63, 3.8) is 0 Å². The van der Waals surface area contributed by atoms with E-state index in [1.165, 1.54) is 18.3 Å². The standard InChI is InChI=1S/C18H18F2N2O3/c1-12-3-6-16(9-13(12)2)24-11-17(23)22-21-10-14-4-7-15(8-5-14)25-18(19)20/h3-10,18H,11H2,1-2H3,(H,22,23)/b21-10-. The molecule has 0 fully saturated rings. The Labute approximate surface area is 144 Å². The Hall–Kier alpha value is -2.96. The van der Waals surface area contributed by atoms with Gasteiger partial charge in [0.2, 0.25) is 0 Å². The summed E-state index contributed by atoms with van der Waals surface area (Å²) < 4.78 is 33.7. The van der Waals surface area contributed by atoms with Gasteiger partial charge in [0.25, 0.3) is 5.91 Å². The van der Waals surface area contributed by atoms with E-state index in [2.05, 4.69) is 15.3 Å². The van der Waals surface area contributed by atoms with Crippen LogP contribution in [0.5, 0.6) is 11.5 Å². The Morgan fingerprint density at radius 3 is 2.44 bits per heavy atom. The predicted molar refractivity (Wildman–Crippen MR) is 90.2 cm³/mol. The lowest BCUT2D eigenvalue weighted by Crippen LogP contribution is -2.24. The second-order valence-corrected chi connectivity index (χ2v) is 5.28. The molecule has 132 valence electrons. The zero-order chi connectivity index (χ0) is 18.2. The molecule has 0 spiro atoms. The van der Waals surface area contributed by atoms with Gasteiger partial charge in [0.05, 0.1) is 6.21 Å². The minimum Gasteiger partial charge on any atom is -0.484 e. The highest BCUT2D eigenvalue weighted by Gasteiger charge is 2.04. The zero-order valence-electron chi connectivity index (χ0n) is 13.8. The summed E-state index contributed by atoms with van der Waals surface area (Å²) >= 11 is 0. The van der Waals surface area contributed by atoms with E-state index < -0.39 is 12.5 Å². The summed E-state index contributed by atoms with van der Waals surface area (Å²) in [6, 6.07) is 11.4. The van der Waals surface area contributed by atoms with E-state index in [9.17, 15) is 13.6 Å². The van der Waals surface area contributed by atoms with Crippen molar-refractivity contribution in [2.75, 3.05) is 6.61 Å². The molecule has 0 aliphatic rings. The van der Waals surface area contributed by atoms with Crippen LogP contribution in [0, 0.1) is 13.8 Å². The van der Waals surface area contributed by atoms with Gasteiger partial charge in [0.15, 0.2) is 6.61 Å². The molecule has 0 aromatic heterocycles. The van der Waals surface area contributed by atoms with E-state index in [4.69, 9.17) is 4.74 Å². The second-order valence-electron chi connectivity index (χ2n) is 5.28. The van der Waals surface area contributed by atoms with Crippen molar-refractivity contribution in [1.82, 2.24) is 5.43 Å². The fourth-order valence-electron chi connectivity index (χ4n) is 1.90. The number of nitrogens with one attached hydrogen (secondary N) is 1. The van der Waals surface area contributed by atoms with Crippen molar-refractivity contribution in [3.05, 3.63) is 59.2 Å². The Bertz CT molecular complexity index is 746. The molecule has 0 bridgehead atoms. The number of nitrogens with zero attached hydrogens (tertiary/aromatic N) is 1. The number of benzene rings is 2. The summed E-state index contributed by atoms with van der Waals surface area (Å²) in [5.74, 6) is 0.252. The third kappa shape index (κ3) is 6.21. The molecule has 0 saturated carbocycles. The molecule has 0 heterocycles. The van der Waals surface area contributed by atoms with E-state index >= 15 is 0 Å². The summed E-state index contributed by atoms with van der Waals surface area (Å²) in [7, 11) is 0. The Morgan fingerprint density at radius 1 is 1.12 bits per heavy atom. The van der Waals surface area contributed by atoms with Crippen molar-refractivity contribution >= 4 is 12.1 Å². The third-order valence-corrected chi connectivity index (χ3v) is 3.36. The summed E-state index contributed by atoms with van der Waals surface area (Å²) in [6.07, 6.45) is 1.39. The lowest BCUT2D eigenvalue weighted by molar-refractivity contribution is -0.123. The van der Waals surface area contributed by atoms with Gasteiger partial charge >= 0.3 is 6.61 Å². The van der Waals surface area contributed by atoms with Crippen molar-refractivity contribution in [1.29, 1.82) is 0 Å². The maximum absolute atomic E-state index is 12.0. The first-order valence-electron chi connectivity index (χ1n) is 7.51. The number of rotatable bonds is 7. The van der Waals surface area contributed by atoms with Crippen molar-refractivity contribution in [2.24, 2.45) is 5.10 Å². The van der Waals surface area contributed by atoms with Crippen LogP contribution in [0.25, 0.3) is 0 Å². The number of hydrazone groups is 1. The van der Waals surface area contributed by atoms with Crippen LogP contribution in [-0.2, 0) is 4.79 Å². The molecule has 2 aromatic rings. The molecule has 0 radical (unpaired) electrons. The highest BCUT2D eigenvalue weighted by molar-refractivity contribution is 5.83. The van der Waals surface area contributed by atoms with Gasteiger partial charge in [0, 0.05) is 0 Å². The number of aryl methyl sites for hydroxylation is 2. The van der Waals surface area contributed by atoms with E-state index in [1.807, 2.05) is 26.0 Å². The number of halogens is 2. The quantitative estimate of drug-likeness (QED) is 0.616. The molecule has 25 heavy (non-hydrogen) atoms. The highest BCUT2D eigenvalue weighted by Crippen LogP contribution is 2.16. The molecule has 0 aliphatic heterocycles. The minimum absolute atomic E-state index is 0.0537. The van der Waals surface area contributed by atoms with Gasteiger partial charge in [0.1, 0.15) is 11.5 Å². The summed E-state index contributed by atoms with van der Waals surface area (Å²) in [5, 5.41) is 3.78.